The lowest BCUT2D eigenvalue weighted by Gasteiger charge is -2.25. The molecule has 0 aliphatic carbocycles. The van der Waals surface area contributed by atoms with E-state index < -0.39 is 10.0 Å². The van der Waals surface area contributed by atoms with Crippen molar-refractivity contribution in [1.29, 1.82) is 0 Å². The summed E-state index contributed by atoms with van der Waals surface area (Å²) in [6.07, 6.45) is 4.46. The first kappa shape index (κ1) is 18.2. The highest BCUT2D eigenvalue weighted by Gasteiger charge is 2.25. The lowest BCUT2D eigenvalue weighted by Crippen LogP contribution is -2.35. The second-order valence-corrected chi connectivity index (χ2v) is 7.62. The lowest BCUT2D eigenvalue weighted by atomic mass is 9.99. The van der Waals surface area contributed by atoms with Crippen molar-refractivity contribution in [1.82, 2.24) is 4.31 Å². The molecule has 0 amide bonds. The molecule has 1 atom stereocenters. The highest BCUT2D eigenvalue weighted by Crippen LogP contribution is 2.21. The Hall–Kier alpha value is -0.870. The molecule has 0 aromatic heterocycles. The van der Waals surface area contributed by atoms with Crippen molar-refractivity contribution < 1.29 is 8.42 Å². The van der Waals surface area contributed by atoms with Crippen molar-refractivity contribution >= 4 is 10.0 Å². The fourth-order valence-corrected chi connectivity index (χ4v) is 3.99. The SMILES string of the molecule is CCCCC(CC)CN(CC)S(=O)(=O)c1ccc(C)cc1. The summed E-state index contributed by atoms with van der Waals surface area (Å²) >= 11 is 0. The summed E-state index contributed by atoms with van der Waals surface area (Å²) in [6.45, 7) is 9.35. The minimum atomic E-state index is -3.36. The van der Waals surface area contributed by atoms with Crippen LogP contribution < -0.4 is 0 Å². The van der Waals surface area contributed by atoms with Crippen LogP contribution in [-0.4, -0.2) is 25.8 Å². The first-order valence-corrected chi connectivity index (χ1v) is 9.46. The molecular weight excluding hydrogens is 282 g/mol. The molecule has 120 valence electrons. The van der Waals surface area contributed by atoms with Crippen molar-refractivity contribution in [2.24, 2.45) is 5.92 Å². The summed E-state index contributed by atoms with van der Waals surface area (Å²) in [6, 6.07) is 7.13. The molecule has 0 aliphatic heterocycles. The zero-order valence-electron chi connectivity index (χ0n) is 13.8. The first-order chi connectivity index (χ1) is 9.95. The van der Waals surface area contributed by atoms with E-state index in [1.807, 2.05) is 26.0 Å². The highest BCUT2D eigenvalue weighted by atomic mass is 32.2. The summed E-state index contributed by atoms with van der Waals surface area (Å²) < 4.78 is 27.1. The maximum atomic E-state index is 12.7. The third-order valence-electron chi connectivity index (χ3n) is 4.02. The van der Waals surface area contributed by atoms with E-state index in [0.717, 1.165) is 24.8 Å². The van der Waals surface area contributed by atoms with Gasteiger partial charge >= 0.3 is 0 Å². The van der Waals surface area contributed by atoms with Gasteiger partial charge in [-0.2, -0.15) is 4.31 Å². The molecule has 0 N–H and O–H groups in total. The van der Waals surface area contributed by atoms with Gasteiger partial charge in [0.15, 0.2) is 0 Å². The number of benzene rings is 1. The quantitative estimate of drug-likeness (QED) is 0.684. The van der Waals surface area contributed by atoms with E-state index in [1.54, 1.807) is 16.4 Å². The molecule has 0 spiro atoms. The van der Waals surface area contributed by atoms with E-state index in [0.29, 0.717) is 23.9 Å². The van der Waals surface area contributed by atoms with Crippen molar-refractivity contribution in [3.63, 3.8) is 0 Å². The molecule has 0 radical (unpaired) electrons. The second kappa shape index (κ2) is 8.54. The normalized spacial score (nSPS) is 13.6. The number of nitrogens with zero attached hydrogens (tertiary/aromatic N) is 1. The van der Waals surface area contributed by atoms with Crippen LogP contribution >= 0.6 is 0 Å². The van der Waals surface area contributed by atoms with Crippen molar-refractivity contribution in [2.45, 2.75) is 58.3 Å². The van der Waals surface area contributed by atoms with Gasteiger partial charge in [-0.25, -0.2) is 8.42 Å². The van der Waals surface area contributed by atoms with Crippen LogP contribution in [0.1, 0.15) is 52.0 Å². The monoisotopic (exact) mass is 311 g/mol. The van der Waals surface area contributed by atoms with Crippen LogP contribution in [0.4, 0.5) is 0 Å². The van der Waals surface area contributed by atoms with Crippen molar-refractivity contribution in [2.75, 3.05) is 13.1 Å². The molecule has 0 bridgehead atoms. The van der Waals surface area contributed by atoms with E-state index in [9.17, 15) is 8.42 Å². The Morgan fingerprint density at radius 1 is 1.10 bits per heavy atom. The van der Waals surface area contributed by atoms with Gasteiger partial charge in [-0.3, -0.25) is 0 Å². The van der Waals surface area contributed by atoms with Crippen LogP contribution in [0.15, 0.2) is 29.2 Å². The Morgan fingerprint density at radius 3 is 2.19 bits per heavy atom. The number of hydrogen-bond donors (Lipinski definition) is 0. The summed E-state index contributed by atoms with van der Waals surface area (Å²) in [7, 11) is -3.36. The summed E-state index contributed by atoms with van der Waals surface area (Å²) in [5.41, 5.74) is 1.08. The number of aryl methyl sites for hydroxylation is 1. The van der Waals surface area contributed by atoms with Crippen molar-refractivity contribution in [3.8, 4) is 0 Å². The van der Waals surface area contributed by atoms with Gasteiger partial charge in [-0.15, -0.1) is 0 Å². The first-order valence-electron chi connectivity index (χ1n) is 8.02. The van der Waals surface area contributed by atoms with Gasteiger partial charge < -0.3 is 0 Å². The van der Waals surface area contributed by atoms with Crippen LogP contribution in [-0.2, 0) is 10.0 Å². The van der Waals surface area contributed by atoms with Gasteiger partial charge in [-0.1, -0.05) is 57.7 Å². The number of unbranched alkanes of at least 4 members (excludes halogenated alkanes) is 1. The summed E-state index contributed by atoms with van der Waals surface area (Å²) in [4.78, 5) is 0.403. The predicted molar refractivity (Wildman–Crippen MR) is 88.9 cm³/mol. The van der Waals surface area contributed by atoms with Crippen LogP contribution in [0.3, 0.4) is 0 Å². The molecule has 3 nitrogen and oxygen atoms in total. The van der Waals surface area contributed by atoms with Crippen LogP contribution in [0.25, 0.3) is 0 Å². The highest BCUT2D eigenvalue weighted by molar-refractivity contribution is 7.89. The lowest BCUT2D eigenvalue weighted by molar-refractivity contribution is 0.326. The van der Waals surface area contributed by atoms with E-state index in [4.69, 9.17) is 0 Å². The Bertz CT molecular complexity index is 508. The molecule has 0 aliphatic rings. The Labute approximate surface area is 130 Å². The third-order valence-corrected chi connectivity index (χ3v) is 5.97. The van der Waals surface area contributed by atoms with Gasteiger partial charge in [-0.05, 0) is 31.4 Å². The van der Waals surface area contributed by atoms with Crippen LogP contribution in [0, 0.1) is 12.8 Å². The molecule has 0 fully saturated rings. The maximum absolute atomic E-state index is 12.7. The van der Waals surface area contributed by atoms with Gasteiger partial charge in [0.1, 0.15) is 0 Å². The van der Waals surface area contributed by atoms with E-state index in [1.165, 1.54) is 6.42 Å². The summed E-state index contributed by atoms with van der Waals surface area (Å²) in [5, 5.41) is 0. The maximum Gasteiger partial charge on any atom is 0.243 e. The molecule has 1 aromatic carbocycles. The Kier molecular flexibility index (Phi) is 7.40. The molecule has 4 heteroatoms. The fourth-order valence-electron chi connectivity index (χ4n) is 2.46. The third kappa shape index (κ3) is 5.11. The second-order valence-electron chi connectivity index (χ2n) is 5.69. The van der Waals surface area contributed by atoms with Crippen LogP contribution in [0.2, 0.25) is 0 Å². The number of sulfonamides is 1. The van der Waals surface area contributed by atoms with Crippen LogP contribution in [0.5, 0.6) is 0 Å². The van der Waals surface area contributed by atoms with E-state index in [-0.39, 0.29) is 0 Å². The van der Waals surface area contributed by atoms with E-state index in [2.05, 4.69) is 13.8 Å². The largest absolute Gasteiger partial charge is 0.243 e. The topological polar surface area (TPSA) is 37.4 Å². The van der Waals surface area contributed by atoms with Gasteiger partial charge in [0.05, 0.1) is 4.90 Å². The summed E-state index contributed by atoms with van der Waals surface area (Å²) in [5.74, 6) is 0.449. The minimum Gasteiger partial charge on any atom is -0.207 e. The molecule has 0 heterocycles. The van der Waals surface area contributed by atoms with Crippen molar-refractivity contribution in [3.05, 3.63) is 29.8 Å². The molecular formula is C17H29NO2S. The molecule has 21 heavy (non-hydrogen) atoms. The predicted octanol–water partition coefficient (Wildman–Crippen LogP) is 4.22. The standard InChI is InChI=1S/C17H29NO2S/c1-5-8-9-16(6-2)14-18(7-3)21(19,20)17-12-10-15(4)11-13-17/h10-13,16H,5-9,14H2,1-4H3. The zero-order chi connectivity index (χ0) is 15.9. The average Bonchev–Trinajstić information content (AvgIpc) is 2.47. The van der Waals surface area contributed by atoms with Gasteiger partial charge in [0.2, 0.25) is 10.0 Å². The molecule has 1 rings (SSSR count). The van der Waals surface area contributed by atoms with Gasteiger partial charge in [0.25, 0.3) is 0 Å². The average molecular weight is 311 g/mol. The fraction of sp³-hybridized carbons (Fsp3) is 0.647. The molecule has 1 unspecified atom stereocenters. The minimum absolute atomic E-state index is 0.403. The number of rotatable bonds is 9. The van der Waals surface area contributed by atoms with E-state index >= 15 is 0 Å². The molecule has 1 aromatic rings. The smallest absolute Gasteiger partial charge is 0.207 e. The molecule has 0 saturated heterocycles. The zero-order valence-corrected chi connectivity index (χ0v) is 14.6. The molecule has 0 saturated carbocycles. The number of hydrogen-bond acceptors (Lipinski definition) is 2. The Morgan fingerprint density at radius 2 is 1.71 bits per heavy atom. The Balaban J connectivity index is 2.88. The van der Waals surface area contributed by atoms with Gasteiger partial charge in [0, 0.05) is 13.1 Å².